The second-order valence-electron chi connectivity index (χ2n) is 2.84. The third kappa shape index (κ3) is 4.41. The lowest BCUT2D eigenvalue weighted by Crippen LogP contribution is -2.23. The van der Waals surface area contributed by atoms with Crippen LogP contribution < -0.4 is 10.2 Å². The highest BCUT2D eigenvalue weighted by Gasteiger charge is 2.05. The predicted molar refractivity (Wildman–Crippen MR) is 53.7 cm³/mol. The molecule has 0 fully saturated rings. The van der Waals surface area contributed by atoms with E-state index in [0.29, 0.717) is 5.69 Å². The molecular weight excluding hydrogens is 220 g/mol. The van der Waals surface area contributed by atoms with Crippen molar-refractivity contribution in [1.29, 1.82) is 0 Å². The van der Waals surface area contributed by atoms with E-state index < -0.39 is 5.97 Å². The SMILES string of the molecule is O=C(O)CCC(=O)NCc1csc(=O)[nH]1. The van der Waals surface area contributed by atoms with Crippen LogP contribution in [0.15, 0.2) is 10.2 Å². The summed E-state index contributed by atoms with van der Waals surface area (Å²) in [4.78, 5) is 34.3. The number of aromatic nitrogens is 1. The Bertz CT molecular complexity index is 409. The van der Waals surface area contributed by atoms with Gasteiger partial charge in [-0.1, -0.05) is 11.3 Å². The number of aliphatic carboxylic acids is 1. The minimum atomic E-state index is -1.01. The first-order chi connectivity index (χ1) is 7.08. The quantitative estimate of drug-likeness (QED) is 0.658. The van der Waals surface area contributed by atoms with Gasteiger partial charge < -0.3 is 15.4 Å². The zero-order valence-corrected chi connectivity index (χ0v) is 8.60. The summed E-state index contributed by atoms with van der Waals surface area (Å²) in [5, 5.41) is 12.4. The molecule has 1 aromatic rings. The average molecular weight is 230 g/mol. The number of amides is 1. The van der Waals surface area contributed by atoms with Crippen molar-refractivity contribution in [3.8, 4) is 0 Å². The summed E-state index contributed by atoms with van der Waals surface area (Å²) in [6.07, 6.45) is -0.240. The Labute approximate surface area is 88.9 Å². The normalized spacial score (nSPS) is 9.87. The van der Waals surface area contributed by atoms with Crippen LogP contribution in [0.1, 0.15) is 18.5 Å². The van der Waals surface area contributed by atoms with Crippen LogP contribution in [0, 0.1) is 0 Å². The highest BCUT2D eigenvalue weighted by Crippen LogP contribution is 1.95. The van der Waals surface area contributed by atoms with Gasteiger partial charge in [-0.3, -0.25) is 14.4 Å². The molecule has 82 valence electrons. The van der Waals surface area contributed by atoms with E-state index in [4.69, 9.17) is 5.11 Å². The minimum absolute atomic E-state index is 0.0519. The first-order valence-corrected chi connectivity index (χ1v) is 5.11. The van der Waals surface area contributed by atoms with Crippen LogP contribution in [0.25, 0.3) is 0 Å². The lowest BCUT2D eigenvalue weighted by Gasteiger charge is -2.01. The number of H-pyrrole nitrogens is 1. The summed E-state index contributed by atoms with van der Waals surface area (Å²) < 4.78 is 0. The van der Waals surface area contributed by atoms with Crippen LogP contribution >= 0.6 is 11.3 Å². The molecule has 1 amide bonds. The highest BCUT2D eigenvalue weighted by molar-refractivity contribution is 7.07. The Morgan fingerprint density at radius 2 is 2.20 bits per heavy atom. The predicted octanol–water partition coefficient (Wildman–Crippen LogP) is -0.0826. The van der Waals surface area contributed by atoms with E-state index in [0.717, 1.165) is 11.3 Å². The van der Waals surface area contributed by atoms with E-state index in [-0.39, 0.29) is 30.2 Å². The summed E-state index contributed by atoms with van der Waals surface area (Å²) in [5.41, 5.74) is 0.619. The molecule has 0 aromatic carbocycles. The molecule has 0 saturated heterocycles. The summed E-state index contributed by atoms with van der Waals surface area (Å²) in [5.74, 6) is -1.35. The maximum atomic E-state index is 11.1. The third-order valence-electron chi connectivity index (χ3n) is 1.61. The van der Waals surface area contributed by atoms with Crippen molar-refractivity contribution < 1.29 is 14.7 Å². The molecule has 1 heterocycles. The maximum absolute atomic E-state index is 11.1. The van der Waals surface area contributed by atoms with Gasteiger partial charge in [0.2, 0.25) is 5.91 Å². The highest BCUT2D eigenvalue weighted by atomic mass is 32.1. The fourth-order valence-electron chi connectivity index (χ4n) is 0.903. The molecule has 15 heavy (non-hydrogen) atoms. The number of carboxylic acid groups (broad SMARTS) is 1. The molecule has 3 N–H and O–H groups in total. The fraction of sp³-hybridized carbons (Fsp3) is 0.375. The molecule has 0 radical (unpaired) electrons. The number of thiazole rings is 1. The van der Waals surface area contributed by atoms with Gasteiger partial charge >= 0.3 is 10.8 Å². The maximum Gasteiger partial charge on any atom is 0.304 e. The van der Waals surface area contributed by atoms with E-state index in [9.17, 15) is 14.4 Å². The molecule has 0 atom stereocenters. The van der Waals surface area contributed by atoms with Gasteiger partial charge in [0, 0.05) is 17.5 Å². The van der Waals surface area contributed by atoms with Crippen molar-refractivity contribution in [2.45, 2.75) is 19.4 Å². The molecule has 0 aliphatic carbocycles. The van der Waals surface area contributed by atoms with E-state index in [2.05, 4.69) is 10.3 Å². The monoisotopic (exact) mass is 230 g/mol. The summed E-state index contributed by atoms with van der Waals surface area (Å²) in [7, 11) is 0. The number of carboxylic acids is 1. The van der Waals surface area contributed by atoms with Crippen molar-refractivity contribution >= 4 is 23.2 Å². The molecule has 1 rings (SSSR count). The third-order valence-corrected chi connectivity index (χ3v) is 2.33. The van der Waals surface area contributed by atoms with Gasteiger partial charge in [-0.25, -0.2) is 0 Å². The second-order valence-corrected chi connectivity index (χ2v) is 3.69. The molecule has 0 bridgehead atoms. The van der Waals surface area contributed by atoms with Gasteiger partial charge in [-0.05, 0) is 0 Å². The molecule has 0 unspecified atom stereocenters. The molecule has 7 heteroatoms. The zero-order valence-electron chi connectivity index (χ0n) is 7.78. The first-order valence-electron chi connectivity index (χ1n) is 4.23. The lowest BCUT2D eigenvalue weighted by molar-refractivity contribution is -0.138. The first kappa shape index (κ1) is 11.4. The van der Waals surface area contributed by atoms with Crippen LogP contribution in [0.4, 0.5) is 0 Å². The average Bonchev–Trinajstić information content (AvgIpc) is 2.58. The smallest absolute Gasteiger partial charge is 0.304 e. The van der Waals surface area contributed by atoms with Crippen molar-refractivity contribution in [2.24, 2.45) is 0 Å². The largest absolute Gasteiger partial charge is 0.481 e. The number of hydrogen-bond acceptors (Lipinski definition) is 4. The molecule has 6 nitrogen and oxygen atoms in total. The van der Waals surface area contributed by atoms with Gasteiger partial charge in [0.05, 0.1) is 13.0 Å². The Kier molecular flexibility index (Phi) is 4.04. The molecular formula is C8H10N2O4S. The Balaban J connectivity index is 2.28. The van der Waals surface area contributed by atoms with E-state index in [1.807, 2.05) is 0 Å². The van der Waals surface area contributed by atoms with E-state index >= 15 is 0 Å². The van der Waals surface area contributed by atoms with E-state index in [1.54, 1.807) is 5.38 Å². The van der Waals surface area contributed by atoms with E-state index in [1.165, 1.54) is 0 Å². The molecule has 0 aliphatic rings. The number of nitrogens with one attached hydrogen (secondary N) is 2. The number of rotatable bonds is 5. The molecule has 0 aliphatic heterocycles. The van der Waals surface area contributed by atoms with Crippen LogP contribution in [-0.4, -0.2) is 22.0 Å². The summed E-state index contributed by atoms with van der Waals surface area (Å²) in [6.45, 7) is 0.219. The fourth-order valence-corrected chi connectivity index (χ4v) is 1.48. The number of carbonyl (C=O) groups excluding carboxylic acids is 1. The van der Waals surface area contributed by atoms with Crippen LogP contribution in [0.2, 0.25) is 0 Å². The molecule has 0 spiro atoms. The van der Waals surface area contributed by atoms with Crippen molar-refractivity contribution in [2.75, 3.05) is 0 Å². The lowest BCUT2D eigenvalue weighted by atomic mass is 10.3. The molecule has 1 aromatic heterocycles. The number of carbonyl (C=O) groups is 2. The van der Waals surface area contributed by atoms with Gasteiger partial charge in [0.1, 0.15) is 0 Å². The molecule has 0 saturated carbocycles. The van der Waals surface area contributed by atoms with Crippen molar-refractivity contribution in [3.05, 3.63) is 20.7 Å². The van der Waals surface area contributed by atoms with Gasteiger partial charge in [-0.2, -0.15) is 0 Å². The topological polar surface area (TPSA) is 99.3 Å². The van der Waals surface area contributed by atoms with Crippen molar-refractivity contribution in [3.63, 3.8) is 0 Å². The standard InChI is InChI=1S/C8H10N2O4S/c11-6(1-2-7(12)13)9-3-5-4-15-8(14)10-5/h4H,1-3H2,(H,9,11)(H,10,14)(H,12,13). The second kappa shape index (κ2) is 5.30. The van der Waals surface area contributed by atoms with Gasteiger partial charge in [0.15, 0.2) is 0 Å². The van der Waals surface area contributed by atoms with Gasteiger partial charge in [0.25, 0.3) is 0 Å². The minimum Gasteiger partial charge on any atom is -0.481 e. The summed E-state index contributed by atoms with van der Waals surface area (Å²) in [6, 6.07) is 0. The number of hydrogen-bond donors (Lipinski definition) is 3. The van der Waals surface area contributed by atoms with Crippen LogP contribution in [0.3, 0.4) is 0 Å². The number of aromatic amines is 1. The summed E-state index contributed by atoms with van der Waals surface area (Å²) >= 11 is 1.02. The van der Waals surface area contributed by atoms with Crippen molar-refractivity contribution in [1.82, 2.24) is 10.3 Å². The van der Waals surface area contributed by atoms with Gasteiger partial charge in [-0.15, -0.1) is 0 Å². The van der Waals surface area contributed by atoms with Crippen LogP contribution in [0.5, 0.6) is 0 Å². The Morgan fingerprint density at radius 3 is 2.73 bits per heavy atom. The van der Waals surface area contributed by atoms with Crippen LogP contribution in [-0.2, 0) is 16.1 Å². The Morgan fingerprint density at radius 1 is 1.47 bits per heavy atom. The zero-order chi connectivity index (χ0) is 11.3. The Hall–Kier alpha value is -1.63.